The Hall–Kier alpha value is -1.07. The van der Waals surface area contributed by atoms with Gasteiger partial charge in [0.15, 0.2) is 11.6 Å². The van der Waals surface area contributed by atoms with Gasteiger partial charge in [0.05, 0.1) is 0 Å². The smallest absolute Gasteiger partial charge is 0.161 e. The van der Waals surface area contributed by atoms with E-state index in [-0.39, 0.29) is 17.5 Å². The first kappa shape index (κ1) is 15.3. The quantitative estimate of drug-likeness (QED) is 0.856. The highest BCUT2D eigenvalue weighted by molar-refractivity contribution is 5.24. The molecule has 1 N–H and O–H groups in total. The van der Waals surface area contributed by atoms with Gasteiger partial charge in [0.25, 0.3) is 0 Å². The third-order valence-corrected chi connectivity index (χ3v) is 4.09. The third-order valence-electron chi connectivity index (χ3n) is 4.09. The molecular formula is C15H21F3N2. The van der Waals surface area contributed by atoms with Crippen molar-refractivity contribution in [2.24, 2.45) is 5.92 Å². The Morgan fingerprint density at radius 2 is 1.70 bits per heavy atom. The van der Waals surface area contributed by atoms with E-state index in [0.29, 0.717) is 6.07 Å². The van der Waals surface area contributed by atoms with E-state index in [4.69, 9.17) is 0 Å². The van der Waals surface area contributed by atoms with E-state index in [2.05, 4.69) is 10.2 Å². The van der Waals surface area contributed by atoms with E-state index in [9.17, 15) is 13.2 Å². The number of piperazine rings is 1. The molecule has 1 fully saturated rings. The highest BCUT2D eigenvalue weighted by atomic mass is 19.2. The minimum Gasteiger partial charge on any atom is -0.314 e. The van der Waals surface area contributed by atoms with Gasteiger partial charge >= 0.3 is 0 Å². The maximum atomic E-state index is 14.1. The van der Waals surface area contributed by atoms with Gasteiger partial charge in [-0.15, -0.1) is 0 Å². The predicted octanol–water partition coefficient (Wildman–Crippen LogP) is 3.10. The molecule has 1 saturated heterocycles. The van der Waals surface area contributed by atoms with Gasteiger partial charge in [0.1, 0.15) is 5.82 Å². The van der Waals surface area contributed by atoms with Crippen LogP contribution in [0.25, 0.3) is 0 Å². The third kappa shape index (κ3) is 3.15. The lowest BCUT2D eigenvalue weighted by Crippen LogP contribution is -2.46. The molecule has 0 aliphatic carbocycles. The Balaban J connectivity index is 2.37. The summed E-state index contributed by atoms with van der Waals surface area (Å²) >= 11 is 0. The zero-order chi connectivity index (χ0) is 14.7. The maximum Gasteiger partial charge on any atom is 0.161 e. The van der Waals surface area contributed by atoms with Crippen molar-refractivity contribution in [2.45, 2.75) is 26.3 Å². The van der Waals surface area contributed by atoms with Gasteiger partial charge in [-0.25, -0.2) is 13.2 Å². The van der Waals surface area contributed by atoms with E-state index >= 15 is 0 Å². The molecule has 1 aromatic rings. The topological polar surface area (TPSA) is 15.3 Å². The summed E-state index contributed by atoms with van der Waals surface area (Å²) in [4.78, 5) is 2.15. The molecule has 112 valence electrons. The Bertz CT molecular complexity index is 459. The molecule has 2 nitrogen and oxygen atoms in total. The summed E-state index contributed by atoms with van der Waals surface area (Å²) in [7, 11) is 0. The number of hydrogen-bond donors (Lipinski definition) is 1. The lowest BCUT2D eigenvalue weighted by molar-refractivity contribution is 0.125. The normalized spacial score (nSPS) is 19.9. The van der Waals surface area contributed by atoms with Crippen molar-refractivity contribution >= 4 is 0 Å². The van der Waals surface area contributed by atoms with Crippen LogP contribution in [0.4, 0.5) is 13.2 Å². The van der Waals surface area contributed by atoms with Gasteiger partial charge < -0.3 is 5.32 Å². The zero-order valence-corrected chi connectivity index (χ0v) is 11.9. The van der Waals surface area contributed by atoms with Crippen molar-refractivity contribution in [3.8, 4) is 0 Å². The Kier molecular flexibility index (Phi) is 5.05. The first-order valence-corrected chi connectivity index (χ1v) is 7.13. The minimum atomic E-state index is -1.13. The molecule has 1 aromatic carbocycles. The number of halogens is 3. The fourth-order valence-corrected chi connectivity index (χ4v) is 2.81. The summed E-state index contributed by atoms with van der Waals surface area (Å²) in [6.45, 7) is 7.28. The van der Waals surface area contributed by atoms with Crippen LogP contribution in [-0.4, -0.2) is 31.1 Å². The molecule has 5 heteroatoms. The lowest BCUT2D eigenvalue weighted by atomic mass is 9.90. The number of nitrogens with one attached hydrogen (secondary N) is 1. The van der Waals surface area contributed by atoms with Gasteiger partial charge in [-0.2, -0.15) is 0 Å². The number of benzene rings is 1. The van der Waals surface area contributed by atoms with E-state index in [1.807, 2.05) is 13.8 Å². The number of rotatable bonds is 4. The average Bonchev–Trinajstić information content (AvgIpc) is 2.45. The molecule has 0 aromatic heterocycles. The fourth-order valence-electron chi connectivity index (χ4n) is 2.81. The van der Waals surface area contributed by atoms with E-state index in [1.165, 1.54) is 0 Å². The summed E-state index contributed by atoms with van der Waals surface area (Å²) < 4.78 is 40.7. The first-order chi connectivity index (χ1) is 9.54. The molecule has 0 amide bonds. The monoisotopic (exact) mass is 286 g/mol. The van der Waals surface area contributed by atoms with Crippen LogP contribution in [0.5, 0.6) is 0 Å². The summed E-state index contributed by atoms with van der Waals surface area (Å²) in [6.07, 6.45) is 0.854. The number of nitrogens with zero attached hydrogens (tertiary/aromatic N) is 1. The van der Waals surface area contributed by atoms with Crippen LogP contribution in [0, 0.1) is 23.4 Å². The van der Waals surface area contributed by atoms with Crippen LogP contribution in [0.3, 0.4) is 0 Å². The van der Waals surface area contributed by atoms with Crippen molar-refractivity contribution in [1.82, 2.24) is 10.2 Å². The molecule has 20 heavy (non-hydrogen) atoms. The van der Waals surface area contributed by atoms with Gasteiger partial charge in [0, 0.05) is 43.9 Å². The van der Waals surface area contributed by atoms with Crippen LogP contribution in [0.15, 0.2) is 12.1 Å². The van der Waals surface area contributed by atoms with Crippen LogP contribution in [0.1, 0.15) is 31.9 Å². The molecule has 0 saturated carbocycles. The van der Waals surface area contributed by atoms with Gasteiger partial charge in [0.2, 0.25) is 0 Å². The van der Waals surface area contributed by atoms with Crippen LogP contribution in [-0.2, 0) is 0 Å². The SMILES string of the molecule is CCC(C)[C@H](c1cc(F)c(F)cc1F)N1CCNCC1. The summed E-state index contributed by atoms with van der Waals surface area (Å²) in [5, 5.41) is 3.24. The highest BCUT2D eigenvalue weighted by Gasteiger charge is 2.29. The number of hydrogen-bond acceptors (Lipinski definition) is 2. The standard InChI is InChI=1S/C15H21F3N2/c1-3-10(2)15(20-6-4-19-5-7-20)11-8-13(17)14(18)9-12(11)16/h8-10,15,19H,3-7H2,1-2H3/t10?,15-/m1/s1. The van der Waals surface area contributed by atoms with Crippen molar-refractivity contribution in [2.75, 3.05) is 26.2 Å². The molecule has 1 aliphatic heterocycles. The second-order valence-electron chi connectivity index (χ2n) is 5.40. The highest BCUT2D eigenvalue weighted by Crippen LogP contribution is 2.33. The summed E-state index contributed by atoms with van der Waals surface area (Å²) in [5.41, 5.74) is 0.264. The summed E-state index contributed by atoms with van der Waals surface area (Å²) in [6, 6.07) is 1.46. The fraction of sp³-hybridized carbons (Fsp3) is 0.600. The molecule has 0 radical (unpaired) electrons. The van der Waals surface area contributed by atoms with Gasteiger partial charge in [-0.1, -0.05) is 20.3 Å². The Morgan fingerprint density at radius 3 is 2.30 bits per heavy atom. The summed E-state index contributed by atoms with van der Waals surface area (Å²) in [5.74, 6) is -2.60. The lowest BCUT2D eigenvalue weighted by Gasteiger charge is -2.38. The van der Waals surface area contributed by atoms with Crippen LogP contribution >= 0.6 is 0 Å². The maximum absolute atomic E-state index is 14.1. The van der Waals surface area contributed by atoms with Gasteiger partial charge in [-0.05, 0) is 12.0 Å². The van der Waals surface area contributed by atoms with E-state index in [0.717, 1.165) is 38.7 Å². The molecule has 0 bridgehead atoms. The van der Waals surface area contributed by atoms with E-state index in [1.54, 1.807) is 0 Å². The second-order valence-corrected chi connectivity index (χ2v) is 5.40. The van der Waals surface area contributed by atoms with Crippen molar-refractivity contribution in [1.29, 1.82) is 0 Å². The minimum absolute atomic E-state index is 0.174. The van der Waals surface area contributed by atoms with Crippen LogP contribution < -0.4 is 5.32 Å². The molecule has 2 rings (SSSR count). The van der Waals surface area contributed by atoms with Gasteiger partial charge in [-0.3, -0.25) is 4.90 Å². The molecule has 1 heterocycles. The molecule has 1 aliphatic rings. The van der Waals surface area contributed by atoms with Crippen molar-refractivity contribution in [3.05, 3.63) is 35.1 Å². The molecule has 2 atom stereocenters. The second kappa shape index (κ2) is 6.59. The first-order valence-electron chi connectivity index (χ1n) is 7.13. The van der Waals surface area contributed by atoms with E-state index < -0.39 is 17.5 Å². The largest absolute Gasteiger partial charge is 0.314 e. The predicted molar refractivity (Wildman–Crippen MR) is 73.0 cm³/mol. The molecular weight excluding hydrogens is 265 g/mol. The van der Waals surface area contributed by atoms with Crippen molar-refractivity contribution < 1.29 is 13.2 Å². The average molecular weight is 286 g/mol. The Labute approximate surface area is 118 Å². The molecule has 1 unspecified atom stereocenters. The van der Waals surface area contributed by atoms with Crippen LogP contribution in [0.2, 0.25) is 0 Å². The van der Waals surface area contributed by atoms with Crippen molar-refractivity contribution in [3.63, 3.8) is 0 Å². The Morgan fingerprint density at radius 1 is 1.10 bits per heavy atom. The molecule has 0 spiro atoms. The zero-order valence-electron chi connectivity index (χ0n) is 11.9.